The van der Waals surface area contributed by atoms with Crippen LogP contribution in [-0.4, -0.2) is 0 Å². The average Bonchev–Trinajstić information content (AvgIpc) is 2.74. The molecule has 0 aliphatic carbocycles. The molecule has 0 saturated heterocycles. The molecule has 1 aromatic heterocycles. The standard InChI is InChI=1S/C13H15NS/c1-10-5-7-12(8-6-10)14-11(2)13-4-3-9-15-13/h3-9,11,14H,1-2H3/t11-/m1/s1. The van der Waals surface area contributed by atoms with E-state index in [1.807, 2.05) is 0 Å². The molecule has 0 unspecified atom stereocenters. The van der Waals surface area contributed by atoms with Crippen LogP contribution in [0.2, 0.25) is 0 Å². The Morgan fingerprint density at radius 3 is 2.47 bits per heavy atom. The molecule has 78 valence electrons. The first kappa shape index (κ1) is 10.2. The number of rotatable bonds is 3. The summed E-state index contributed by atoms with van der Waals surface area (Å²) in [6.07, 6.45) is 0. The molecule has 2 rings (SSSR count). The maximum atomic E-state index is 3.48. The van der Waals surface area contributed by atoms with E-state index in [9.17, 15) is 0 Å². The van der Waals surface area contributed by atoms with Crippen molar-refractivity contribution in [2.75, 3.05) is 5.32 Å². The highest BCUT2D eigenvalue weighted by molar-refractivity contribution is 7.10. The first-order valence-corrected chi connectivity index (χ1v) is 6.00. The molecule has 0 radical (unpaired) electrons. The van der Waals surface area contributed by atoms with Gasteiger partial charge in [0.25, 0.3) is 0 Å². The van der Waals surface area contributed by atoms with E-state index >= 15 is 0 Å². The van der Waals surface area contributed by atoms with Gasteiger partial charge in [0.1, 0.15) is 0 Å². The minimum absolute atomic E-state index is 0.382. The van der Waals surface area contributed by atoms with Gasteiger partial charge in [-0.2, -0.15) is 0 Å². The number of nitrogens with one attached hydrogen (secondary N) is 1. The Morgan fingerprint density at radius 1 is 1.13 bits per heavy atom. The molecule has 1 aromatic carbocycles. The van der Waals surface area contributed by atoms with Crippen molar-refractivity contribution in [2.45, 2.75) is 19.9 Å². The highest BCUT2D eigenvalue weighted by Crippen LogP contribution is 2.22. The third-order valence-corrected chi connectivity index (χ3v) is 3.46. The van der Waals surface area contributed by atoms with Crippen molar-refractivity contribution >= 4 is 17.0 Å². The van der Waals surface area contributed by atoms with Gasteiger partial charge in [0, 0.05) is 10.6 Å². The Balaban J connectivity index is 2.06. The molecule has 15 heavy (non-hydrogen) atoms. The summed E-state index contributed by atoms with van der Waals surface area (Å²) in [6.45, 7) is 4.29. The fraction of sp³-hybridized carbons (Fsp3) is 0.231. The van der Waals surface area contributed by atoms with Crippen LogP contribution in [0.1, 0.15) is 23.4 Å². The first-order valence-electron chi connectivity index (χ1n) is 5.12. The number of benzene rings is 1. The summed E-state index contributed by atoms with van der Waals surface area (Å²) in [5.74, 6) is 0. The second-order valence-corrected chi connectivity index (χ2v) is 4.73. The number of hydrogen-bond acceptors (Lipinski definition) is 2. The number of thiophene rings is 1. The third-order valence-electron chi connectivity index (χ3n) is 2.40. The van der Waals surface area contributed by atoms with Crippen LogP contribution >= 0.6 is 11.3 Å². The minimum Gasteiger partial charge on any atom is -0.378 e. The van der Waals surface area contributed by atoms with E-state index in [0.29, 0.717) is 6.04 Å². The summed E-state index contributed by atoms with van der Waals surface area (Å²) >= 11 is 1.79. The molecule has 0 spiro atoms. The van der Waals surface area contributed by atoms with Gasteiger partial charge >= 0.3 is 0 Å². The summed E-state index contributed by atoms with van der Waals surface area (Å²) in [7, 11) is 0. The van der Waals surface area contributed by atoms with Gasteiger partial charge in [-0.25, -0.2) is 0 Å². The zero-order valence-electron chi connectivity index (χ0n) is 9.03. The van der Waals surface area contributed by atoms with E-state index in [0.717, 1.165) is 0 Å². The van der Waals surface area contributed by atoms with Gasteiger partial charge in [-0.3, -0.25) is 0 Å². The molecular weight excluding hydrogens is 202 g/mol. The molecule has 1 N–H and O–H groups in total. The predicted octanol–water partition coefficient (Wildman–Crippen LogP) is 4.23. The van der Waals surface area contributed by atoms with Crippen LogP contribution in [0, 0.1) is 6.92 Å². The quantitative estimate of drug-likeness (QED) is 0.811. The largest absolute Gasteiger partial charge is 0.378 e. The number of anilines is 1. The van der Waals surface area contributed by atoms with Gasteiger partial charge in [-0.1, -0.05) is 23.8 Å². The topological polar surface area (TPSA) is 12.0 Å². The number of aryl methyl sites for hydroxylation is 1. The smallest absolute Gasteiger partial charge is 0.0578 e. The van der Waals surface area contributed by atoms with Crippen molar-refractivity contribution in [3.8, 4) is 0 Å². The van der Waals surface area contributed by atoms with Crippen LogP contribution in [-0.2, 0) is 0 Å². The lowest BCUT2D eigenvalue weighted by molar-refractivity contribution is 0.908. The molecule has 0 aliphatic rings. The van der Waals surface area contributed by atoms with E-state index in [-0.39, 0.29) is 0 Å². The molecule has 1 atom stereocenters. The summed E-state index contributed by atoms with van der Waals surface area (Å²) in [4.78, 5) is 1.37. The lowest BCUT2D eigenvalue weighted by Gasteiger charge is -2.13. The molecule has 2 aromatic rings. The van der Waals surface area contributed by atoms with Gasteiger partial charge in [0.15, 0.2) is 0 Å². The molecule has 0 bridgehead atoms. The van der Waals surface area contributed by atoms with E-state index in [2.05, 4.69) is 60.9 Å². The predicted molar refractivity (Wildman–Crippen MR) is 67.5 cm³/mol. The highest BCUT2D eigenvalue weighted by atomic mass is 32.1. The zero-order valence-corrected chi connectivity index (χ0v) is 9.84. The van der Waals surface area contributed by atoms with Crippen LogP contribution in [0.4, 0.5) is 5.69 Å². The summed E-state index contributed by atoms with van der Waals surface area (Å²) in [5.41, 5.74) is 2.48. The lowest BCUT2D eigenvalue weighted by Crippen LogP contribution is -2.04. The SMILES string of the molecule is Cc1ccc(N[C@H](C)c2cccs2)cc1. The van der Waals surface area contributed by atoms with Crippen LogP contribution in [0.5, 0.6) is 0 Å². The maximum Gasteiger partial charge on any atom is 0.0578 e. The first-order chi connectivity index (χ1) is 7.25. The summed E-state index contributed by atoms with van der Waals surface area (Å²) in [6, 6.07) is 13.1. The van der Waals surface area contributed by atoms with E-state index in [4.69, 9.17) is 0 Å². The van der Waals surface area contributed by atoms with Crippen molar-refractivity contribution < 1.29 is 0 Å². The summed E-state index contributed by atoms with van der Waals surface area (Å²) in [5, 5.41) is 5.60. The third kappa shape index (κ3) is 2.60. The van der Waals surface area contributed by atoms with Crippen molar-refractivity contribution in [3.63, 3.8) is 0 Å². The Bertz CT molecular complexity index is 403. The second kappa shape index (κ2) is 4.49. The zero-order chi connectivity index (χ0) is 10.7. The fourth-order valence-corrected chi connectivity index (χ4v) is 2.24. The van der Waals surface area contributed by atoms with Crippen molar-refractivity contribution in [1.29, 1.82) is 0 Å². The minimum atomic E-state index is 0.382. The second-order valence-electron chi connectivity index (χ2n) is 3.75. The molecular formula is C13H15NS. The normalized spacial score (nSPS) is 12.4. The van der Waals surface area contributed by atoms with Crippen molar-refractivity contribution in [3.05, 3.63) is 52.2 Å². The van der Waals surface area contributed by atoms with E-state index in [1.54, 1.807) is 11.3 Å². The molecule has 0 saturated carbocycles. The van der Waals surface area contributed by atoms with Crippen LogP contribution in [0.15, 0.2) is 41.8 Å². The van der Waals surface area contributed by atoms with Crippen molar-refractivity contribution in [1.82, 2.24) is 0 Å². The van der Waals surface area contributed by atoms with Crippen LogP contribution in [0.25, 0.3) is 0 Å². The Labute approximate surface area is 94.8 Å². The van der Waals surface area contributed by atoms with E-state index < -0.39 is 0 Å². The van der Waals surface area contributed by atoms with Gasteiger partial charge in [0.2, 0.25) is 0 Å². The van der Waals surface area contributed by atoms with E-state index in [1.165, 1.54) is 16.1 Å². The molecule has 1 nitrogen and oxygen atoms in total. The Kier molecular flexibility index (Phi) is 3.07. The lowest BCUT2D eigenvalue weighted by atomic mass is 10.2. The molecule has 0 amide bonds. The van der Waals surface area contributed by atoms with Gasteiger partial charge in [0.05, 0.1) is 6.04 Å². The van der Waals surface area contributed by atoms with Gasteiger partial charge < -0.3 is 5.32 Å². The monoisotopic (exact) mass is 217 g/mol. The van der Waals surface area contributed by atoms with Gasteiger partial charge in [-0.15, -0.1) is 11.3 Å². The number of hydrogen-bond donors (Lipinski definition) is 1. The average molecular weight is 217 g/mol. The van der Waals surface area contributed by atoms with Crippen molar-refractivity contribution in [2.24, 2.45) is 0 Å². The fourth-order valence-electron chi connectivity index (χ4n) is 1.51. The van der Waals surface area contributed by atoms with Crippen LogP contribution < -0.4 is 5.32 Å². The maximum absolute atomic E-state index is 3.48. The Morgan fingerprint density at radius 2 is 1.87 bits per heavy atom. The highest BCUT2D eigenvalue weighted by Gasteiger charge is 2.05. The molecule has 0 fully saturated rings. The Hall–Kier alpha value is -1.28. The molecule has 0 aliphatic heterocycles. The molecule has 1 heterocycles. The van der Waals surface area contributed by atoms with Crippen LogP contribution in [0.3, 0.4) is 0 Å². The molecule has 2 heteroatoms. The van der Waals surface area contributed by atoms with Gasteiger partial charge in [-0.05, 0) is 37.4 Å². The summed E-state index contributed by atoms with van der Waals surface area (Å²) < 4.78 is 0.